The van der Waals surface area contributed by atoms with Gasteiger partial charge in [-0.3, -0.25) is 10.1 Å². The first kappa shape index (κ1) is 14.5. The number of anilines is 1. The van der Waals surface area contributed by atoms with Crippen LogP contribution in [0.25, 0.3) is 0 Å². The Hall–Kier alpha value is -1.47. The summed E-state index contributed by atoms with van der Waals surface area (Å²) >= 11 is 5.80. The maximum atomic E-state index is 11.1. The molecule has 0 radical (unpaired) electrons. The summed E-state index contributed by atoms with van der Waals surface area (Å²) in [5, 5.41) is 14.3. The van der Waals surface area contributed by atoms with Crippen molar-refractivity contribution in [3.05, 3.63) is 21.1 Å². The number of rotatable bonds is 5. The fraction of sp³-hybridized carbons (Fsp3) is 0.692. The monoisotopic (exact) mass is 311 g/mol. The highest BCUT2D eigenvalue weighted by molar-refractivity contribution is 6.28. The summed E-state index contributed by atoms with van der Waals surface area (Å²) in [4.78, 5) is 21.0. The molecule has 1 saturated heterocycles. The zero-order valence-electron chi connectivity index (χ0n) is 11.9. The molecule has 0 amide bonds. The van der Waals surface area contributed by atoms with Gasteiger partial charge in [0.1, 0.15) is 5.69 Å². The minimum Gasteiger partial charge on any atom is -0.364 e. The standard InChI is InChI=1S/C13H18ClN5O2/c1-8-11(19(20)21)12(17-13(14)16-8)15-6-9-4-5-18(7-9)10-2-3-10/h9-10H,2-7H2,1H3,(H,15,16,17). The van der Waals surface area contributed by atoms with E-state index in [4.69, 9.17) is 11.6 Å². The summed E-state index contributed by atoms with van der Waals surface area (Å²) in [6.07, 6.45) is 3.74. The summed E-state index contributed by atoms with van der Waals surface area (Å²) in [6.45, 7) is 4.43. The average molecular weight is 312 g/mol. The quantitative estimate of drug-likeness (QED) is 0.510. The lowest BCUT2D eigenvalue weighted by molar-refractivity contribution is -0.385. The molecule has 1 N–H and O–H groups in total. The van der Waals surface area contributed by atoms with Crippen molar-refractivity contribution in [2.24, 2.45) is 5.92 Å². The zero-order chi connectivity index (χ0) is 15.0. The number of nitro groups is 1. The molecule has 21 heavy (non-hydrogen) atoms. The molecule has 114 valence electrons. The number of hydrogen-bond donors (Lipinski definition) is 1. The number of halogens is 1. The van der Waals surface area contributed by atoms with Gasteiger partial charge < -0.3 is 10.2 Å². The van der Waals surface area contributed by atoms with Gasteiger partial charge in [-0.15, -0.1) is 0 Å². The third-order valence-electron chi connectivity index (χ3n) is 4.15. The van der Waals surface area contributed by atoms with Crippen LogP contribution in [0.3, 0.4) is 0 Å². The van der Waals surface area contributed by atoms with E-state index in [9.17, 15) is 10.1 Å². The van der Waals surface area contributed by atoms with E-state index in [1.54, 1.807) is 6.92 Å². The SMILES string of the molecule is Cc1nc(Cl)nc(NCC2CCN(C3CC3)C2)c1[N+](=O)[O-]. The van der Waals surface area contributed by atoms with Gasteiger partial charge >= 0.3 is 5.69 Å². The number of likely N-dealkylation sites (tertiary alicyclic amines) is 1. The van der Waals surface area contributed by atoms with Crippen LogP contribution in [0.1, 0.15) is 25.0 Å². The van der Waals surface area contributed by atoms with Crippen LogP contribution in [-0.4, -0.2) is 45.5 Å². The molecule has 1 aromatic rings. The molecule has 1 aliphatic carbocycles. The van der Waals surface area contributed by atoms with Crippen molar-refractivity contribution in [3.8, 4) is 0 Å². The summed E-state index contributed by atoms with van der Waals surface area (Å²) in [7, 11) is 0. The Balaban J connectivity index is 1.66. The largest absolute Gasteiger partial charge is 0.364 e. The summed E-state index contributed by atoms with van der Waals surface area (Å²) in [5.41, 5.74) is 0.199. The Kier molecular flexibility index (Phi) is 3.95. The predicted molar refractivity (Wildman–Crippen MR) is 79.6 cm³/mol. The van der Waals surface area contributed by atoms with Gasteiger partial charge in [0, 0.05) is 19.1 Å². The smallest absolute Gasteiger partial charge is 0.332 e. The van der Waals surface area contributed by atoms with E-state index in [2.05, 4.69) is 20.2 Å². The first-order valence-electron chi connectivity index (χ1n) is 7.21. The molecule has 0 aromatic carbocycles. The van der Waals surface area contributed by atoms with Crippen LogP contribution in [0.4, 0.5) is 11.5 Å². The van der Waals surface area contributed by atoms with Crippen LogP contribution < -0.4 is 5.32 Å². The fourth-order valence-corrected chi connectivity index (χ4v) is 3.13. The third kappa shape index (κ3) is 3.24. The van der Waals surface area contributed by atoms with Crippen molar-refractivity contribution in [1.82, 2.24) is 14.9 Å². The van der Waals surface area contributed by atoms with Crippen molar-refractivity contribution in [3.63, 3.8) is 0 Å². The Morgan fingerprint density at radius 2 is 2.19 bits per heavy atom. The molecule has 3 rings (SSSR count). The molecular formula is C13H18ClN5O2. The molecule has 1 aromatic heterocycles. The average Bonchev–Trinajstić information content (AvgIpc) is 3.14. The number of aryl methyl sites for hydroxylation is 1. The number of hydrogen-bond acceptors (Lipinski definition) is 6. The summed E-state index contributed by atoms with van der Waals surface area (Å²) in [5.74, 6) is 0.724. The second kappa shape index (κ2) is 5.73. The lowest BCUT2D eigenvalue weighted by Crippen LogP contribution is -2.25. The Labute approximate surface area is 127 Å². The Morgan fingerprint density at radius 1 is 1.43 bits per heavy atom. The van der Waals surface area contributed by atoms with Gasteiger partial charge in [0.25, 0.3) is 0 Å². The maximum absolute atomic E-state index is 11.1. The molecule has 0 spiro atoms. The first-order valence-corrected chi connectivity index (χ1v) is 7.59. The highest BCUT2D eigenvalue weighted by Crippen LogP contribution is 2.32. The first-order chi connectivity index (χ1) is 10.0. The van der Waals surface area contributed by atoms with Crippen molar-refractivity contribution >= 4 is 23.1 Å². The molecule has 2 aliphatic rings. The van der Waals surface area contributed by atoms with E-state index in [1.165, 1.54) is 12.8 Å². The highest BCUT2D eigenvalue weighted by Gasteiger charge is 2.34. The highest BCUT2D eigenvalue weighted by atomic mass is 35.5. The van der Waals surface area contributed by atoms with Gasteiger partial charge in [0.15, 0.2) is 0 Å². The van der Waals surface area contributed by atoms with Gasteiger partial charge in [-0.1, -0.05) is 0 Å². The van der Waals surface area contributed by atoms with E-state index in [0.29, 0.717) is 12.5 Å². The summed E-state index contributed by atoms with van der Waals surface area (Å²) in [6, 6.07) is 0.778. The van der Waals surface area contributed by atoms with Crippen LogP contribution in [0.5, 0.6) is 0 Å². The van der Waals surface area contributed by atoms with E-state index in [1.807, 2.05) is 0 Å². The lowest BCUT2D eigenvalue weighted by atomic mass is 10.1. The number of aromatic nitrogens is 2. The van der Waals surface area contributed by atoms with E-state index in [0.717, 1.165) is 25.6 Å². The van der Waals surface area contributed by atoms with Gasteiger partial charge in [0.2, 0.25) is 11.1 Å². The molecule has 8 heteroatoms. The van der Waals surface area contributed by atoms with E-state index < -0.39 is 4.92 Å². The zero-order valence-corrected chi connectivity index (χ0v) is 12.6. The van der Waals surface area contributed by atoms with Gasteiger partial charge in [-0.25, -0.2) is 4.98 Å². The molecule has 1 unspecified atom stereocenters. The lowest BCUT2D eigenvalue weighted by Gasteiger charge is -2.15. The van der Waals surface area contributed by atoms with Crippen LogP contribution in [0.15, 0.2) is 0 Å². The Bertz CT molecular complexity index is 564. The molecule has 2 fully saturated rings. The van der Waals surface area contributed by atoms with Gasteiger partial charge in [-0.2, -0.15) is 4.98 Å². The molecule has 1 saturated carbocycles. The minimum atomic E-state index is -0.459. The van der Waals surface area contributed by atoms with Crippen molar-refractivity contribution in [1.29, 1.82) is 0 Å². The van der Waals surface area contributed by atoms with E-state index in [-0.39, 0.29) is 22.5 Å². The molecule has 2 heterocycles. The van der Waals surface area contributed by atoms with Crippen molar-refractivity contribution < 1.29 is 4.92 Å². The summed E-state index contributed by atoms with van der Waals surface area (Å²) < 4.78 is 0. The second-order valence-electron chi connectivity index (χ2n) is 5.79. The minimum absolute atomic E-state index is 0.0339. The van der Waals surface area contributed by atoms with Crippen molar-refractivity contribution in [2.75, 3.05) is 25.0 Å². The fourth-order valence-electron chi connectivity index (χ4n) is 2.92. The Morgan fingerprint density at radius 3 is 2.86 bits per heavy atom. The topological polar surface area (TPSA) is 84.2 Å². The van der Waals surface area contributed by atoms with Gasteiger partial charge in [-0.05, 0) is 50.2 Å². The van der Waals surface area contributed by atoms with Crippen LogP contribution in [0, 0.1) is 23.0 Å². The van der Waals surface area contributed by atoms with Crippen LogP contribution in [-0.2, 0) is 0 Å². The number of nitrogens with zero attached hydrogens (tertiary/aromatic N) is 4. The van der Waals surface area contributed by atoms with Crippen molar-refractivity contribution in [2.45, 2.75) is 32.2 Å². The molecule has 1 aliphatic heterocycles. The van der Waals surface area contributed by atoms with Crippen LogP contribution >= 0.6 is 11.6 Å². The molecule has 0 bridgehead atoms. The molecule has 1 atom stereocenters. The maximum Gasteiger partial charge on any atom is 0.332 e. The predicted octanol–water partition coefficient (Wildman–Crippen LogP) is 2.24. The normalized spacial score (nSPS) is 22.5. The molecular weight excluding hydrogens is 294 g/mol. The van der Waals surface area contributed by atoms with Crippen LogP contribution in [0.2, 0.25) is 5.28 Å². The number of nitrogens with one attached hydrogen (secondary N) is 1. The molecule has 7 nitrogen and oxygen atoms in total. The van der Waals surface area contributed by atoms with Gasteiger partial charge in [0.05, 0.1) is 4.92 Å². The third-order valence-corrected chi connectivity index (χ3v) is 4.32. The van der Waals surface area contributed by atoms with E-state index >= 15 is 0 Å². The second-order valence-corrected chi connectivity index (χ2v) is 6.13.